The van der Waals surface area contributed by atoms with Gasteiger partial charge in [-0.2, -0.15) is 10.1 Å². The molecule has 0 atom stereocenters. The van der Waals surface area contributed by atoms with Crippen LogP contribution in [0.2, 0.25) is 0 Å². The van der Waals surface area contributed by atoms with E-state index in [0.717, 1.165) is 37.4 Å². The van der Waals surface area contributed by atoms with Gasteiger partial charge in [0.1, 0.15) is 5.69 Å². The van der Waals surface area contributed by atoms with Crippen molar-refractivity contribution in [1.29, 1.82) is 0 Å². The van der Waals surface area contributed by atoms with Gasteiger partial charge < -0.3 is 16.0 Å². The Balaban J connectivity index is 1.37. The van der Waals surface area contributed by atoms with Crippen LogP contribution in [0.4, 0.5) is 22.1 Å². The molecule has 1 aliphatic carbocycles. The highest BCUT2D eigenvalue weighted by Crippen LogP contribution is 2.44. The first-order valence-electron chi connectivity index (χ1n) is 12.0. The summed E-state index contributed by atoms with van der Waals surface area (Å²) in [7, 11) is 1.62. The van der Waals surface area contributed by atoms with E-state index in [-0.39, 0.29) is 11.7 Å². The molecule has 11 heteroatoms. The lowest BCUT2D eigenvalue weighted by molar-refractivity contribution is 0.104. The zero-order valence-electron chi connectivity index (χ0n) is 20.2. The molecule has 2 aromatic heterocycles. The lowest BCUT2D eigenvalue weighted by Crippen LogP contribution is -2.49. The number of nitrogens with one attached hydrogen (secondary N) is 2. The maximum absolute atomic E-state index is 13.9. The normalized spacial score (nSPS) is 14.3. The maximum Gasteiger partial charge on any atom is 0.338 e. The molecule has 4 N–H and O–H groups in total. The molecule has 11 nitrogen and oxygen atoms in total. The van der Waals surface area contributed by atoms with E-state index in [1.807, 2.05) is 18.2 Å². The fraction of sp³-hybridized carbons (Fsp3) is 0.192. The summed E-state index contributed by atoms with van der Waals surface area (Å²) in [4.78, 5) is 37.2. The number of hydrazine groups is 1. The number of amides is 2. The Bertz CT molecular complexity index is 1480. The van der Waals surface area contributed by atoms with Crippen molar-refractivity contribution >= 4 is 29.1 Å². The molecule has 1 saturated heterocycles. The molecule has 6 rings (SSSR count). The molecular formula is C26H25N9O2. The van der Waals surface area contributed by atoms with E-state index in [1.165, 1.54) is 10.0 Å². The van der Waals surface area contributed by atoms with Crippen molar-refractivity contribution in [3.63, 3.8) is 0 Å². The molecule has 186 valence electrons. The Kier molecular flexibility index (Phi) is 5.53. The van der Waals surface area contributed by atoms with Gasteiger partial charge in [-0.05, 0) is 24.3 Å². The summed E-state index contributed by atoms with van der Waals surface area (Å²) in [6, 6.07) is 14.3. The SMILES string of the molecule is CN(c1ncccn1)N(C(N)=O)c1cccc2c1C(=O)c1c(-c3ccc(N4CCNCC4)cc3)n[nH]c1-2. The predicted octanol–water partition coefficient (Wildman–Crippen LogP) is 2.42. The van der Waals surface area contributed by atoms with Crippen molar-refractivity contribution in [2.75, 3.05) is 48.1 Å². The number of hydrogen-bond donors (Lipinski definition) is 3. The molecule has 0 radical (unpaired) electrons. The largest absolute Gasteiger partial charge is 0.369 e. The molecule has 0 bridgehead atoms. The lowest BCUT2D eigenvalue weighted by atomic mass is 10.0. The molecule has 37 heavy (non-hydrogen) atoms. The van der Waals surface area contributed by atoms with Crippen molar-refractivity contribution in [3.05, 3.63) is 72.1 Å². The highest BCUT2D eigenvalue weighted by Gasteiger charge is 2.37. The second-order valence-electron chi connectivity index (χ2n) is 8.86. The fourth-order valence-electron chi connectivity index (χ4n) is 4.98. The highest BCUT2D eigenvalue weighted by molar-refractivity contribution is 6.27. The van der Waals surface area contributed by atoms with E-state index >= 15 is 0 Å². The smallest absolute Gasteiger partial charge is 0.338 e. The second kappa shape index (κ2) is 9.03. The van der Waals surface area contributed by atoms with Gasteiger partial charge in [0.25, 0.3) is 0 Å². The lowest BCUT2D eigenvalue weighted by Gasteiger charge is -2.31. The molecule has 2 aromatic carbocycles. The Morgan fingerprint density at radius 3 is 2.43 bits per heavy atom. The number of primary amides is 1. The summed E-state index contributed by atoms with van der Waals surface area (Å²) in [6.07, 6.45) is 3.13. The number of benzene rings is 2. The minimum atomic E-state index is -0.770. The first kappa shape index (κ1) is 22.7. The fourth-order valence-corrected chi connectivity index (χ4v) is 4.98. The van der Waals surface area contributed by atoms with Crippen LogP contribution in [0.3, 0.4) is 0 Å². The summed E-state index contributed by atoms with van der Waals surface area (Å²) in [5.74, 6) is 0.0268. The second-order valence-corrected chi connectivity index (χ2v) is 8.86. The van der Waals surface area contributed by atoms with Gasteiger partial charge in [-0.25, -0.2) is 19.8 Å². The summed E-state index contributed by atoms with van der Waals surface area (Å²) < 4.78 is 0. The molecule has 3 heterocycles. The summed E-state index contributed by atoms with van der Waals surface area (Å²) >= 11 is 0. The molecule has 1 fully saturated rings. The average Bonchev–Trinajstić information content (AvgIpc) is 3.50. The number of H-pyrrole nitrogens is 1. The minimum absolute atomic E-state index is 0.232. The Morgan fingerprint density at radius 1 is 1.00 bits per heavy atom. The Morgan fingerprint density at radius 2 is 1.73 bits per heavy atom. The molecular weight excluding hydrogens is 470 g/mol. The van der Waals surface area contributed by atoms with Crippen LogP contribution in [0.1, 0.15) is 15.9 Å². The number of piperazine rings is 1. The summed E-state index contributed by atoms with van der Waals surface area (Å²) in [5, 5.41) is 13.5. The number of carbonyl (C=O) groups is 2. The molecule has 0 unspecified atom stereocenters. The molecule has 0 spiro atoms. The van der Waals surface area contributed by atoms with E-state index < -0.39 is 6.03 Å². The third-order valence-electron chi connectivity index (χ3n) is 6.73. The number of nitrogens with two attached hydrogens (primary N) is 1. The molecule has 2 amide bonds. The first-order valence-corrected chi connectivity index (χ1v) is 12.0. The number of hydrogen-bond acceptors (Lipinski definition) is 8. The van der Waals surface area contributed by atoms with Gasteiger partial charge in [0.05, 0.1) is 22.5 Å². The number of carbonyl (C=O) groups excluding carboxylic acids is 2. The zero-order valence-corrected chi connectivity index (χ0v) is 20.2. The van der Waals surface area contributed by atoms with Gasteiger partial charge >= 0.3 is 6.03 Å². The van der Waals surface area contributed by atoms with E-state index in [9.17, 15) is 9.59 Å². The number of urea groups is 1. The van der Waals surface area contributed by atoms with Crippen LogP contribution in [0.25, 0.3) is 22.5 Å². The number of nitrogens with zero attached hydrogens (tertiary/aromatic N) is 6. The van der Waals surface area contributed by atoms with Crippen molar-refractivity contribution in [3.8, 4) is 22.5 Å². The van der Waals surface area contributed by atoms with Crippen molar-refractivity contribution in [2.45, 2.75) is 0 Å². The molecule has 1 aliphatic heterocycles. The molecule has 2 aliphatic rings. The van der Waals surface area contributed by atoms with Crippen LogP contribution < -0.4 is 26.0 Å². The average molecular weight is 496 g/mol. The third kappa shape index (κ3) is 3.76. The van der Waals surface area contributed by atoms with Crippen LogP contribution in [0, 0.1) is 0 Å². The number of aromatic amines is 1. The van der Waals surface area contributed by atoms with Crippen LogP contribution in [-0.2, 0) is 0 Å². The van der Waals surface area contributed by atoms with Gasteiger partial charge in [-0.3, -0.25) is 9.89 Å². The first-order chi connectivity index (χ1) is 18.0. The minimum Gasteiger partial charge on any atom is -0.369 e. The van der Waals surface area contributed by atoms with Gasteiger partial charge in [0.2, 0.25) is 5.95 Å². The van der Waals surface area contributed by atoms with Gasteiger partial charge in [-0.15, -0.1) is 0 Å². The summed E-state index contributed by atoms with van der Waals surface area (Å²) in [6.45, 7) is 3.81. The van der Waals surface area contributed by atoms with Crippen molar-refractivity contribution < 1.29 is 9.59 Å². The van der Waals surface area contributed by atoms with E-state index in [1.54, 1.807) is 37.6 Å². The van der Waals surface area contributed by atoms with Gasteiger partial charge in [0, 0.05) is 62.4 Å². The van der Waals surface area contributed by atoms with Crippen molar-refractivity contribution in [1.82, 2.24) is 25.5 Å². The van der Waals surface area contributed by atoms with E-state index in [0.29, 0.717) is 33.8 Å². The Hall–Kier alpha value is -4.77. The number of aromatic nitrogens is 4. The van der Waals surface area contributed by atoms with Crippen LogP contribution in [0.5, 0.6) is 0 Å². The number of fused-ring (bicyclic) bond motifs is 3. The van der Waals surface area contributed by atoms with Crippen molar-refractivity contribution in [2.24, 2.45) is 5.73 Å². The summed E-state index contributed by atoms with van der Waals surface area (Å²) in [5.41, 5.74) is 10.8. The third-order valence-corrected chi connectivity index (χ3v) is 6.73. The van der Waals surface area contributed by atoms with Crippen LogP contribution in [0.15, 0.2) is 60.9 Å². The molecule has 0 saturated carbocycles. The topological polar surface area (TPSA) is 136 Å². The number of rotatable bonds is 5. The zero-order chi connectivity index (χ0) is 25.5. The van der Waals surface area contributed by atoms with Crippen LogP contribution in [-0.4, -0.2) is 65.2 Å². The predicted molar refractivity (Wildman–Crippen MR) is 140 cm³/mol. The quantitative estimate of drug-likeness (QED) is 0.316. The number of anilines is 3. The van der Waals surface area contributed by atoms with Crippen LogP contribution >= 0.6 is 0 Å². The van der Waals surface area contributed by atoms with Gasteiger partial charge in [0.15, 0.2) is 5.78 Å². The molecule has 4 aromatic rings. The monoisotopic (exact) mass is 495 g/mol. The maximum atomic E-state index is 13.9. The van der Waals surface area contributed by atoms with E-state index in [4.69, 9.17) is 5.73 Å². The van der Waals surface area contributed by atoms with Gasteiger partial charge in [-0.1, -0.05) is 24.3 Å². The standard InChI is InChI=1S/C26H25N9O2/c1-33(26-29-10-3-11-30-26)35(25(27)37)19-5-2-4-18-20(19)24(36)21-22(31-32-23(18)21)16-6-8-17(9-7-16)34-14-12-28-13-15-34/h2-11,28H,12-15H2,1H3,(H2,27,37)(H,31,32). The highest BCUT2D eigenvalue weighted by atomic mass is 16.2. The number of ketones is 1. The Labute approximate surface area is 212 Å². The van der Waals surface area contributed by atoms with E-state index in [2.05, 4.69) is 42.5 Å².